The van der Waals surface area contributed by atoms with Gasteiger partial charge in [0.1, 0.15) is 0 Å². The zero-order valence-corrected chi connectivity index (χ0v) is 16.2. The summed E-state index contributed by atoms with van der Waals surface area (Å²) in [6.07, 6.45) is 0.238. The fourth-order valence-corrected chi connectivity index (χ4v) is 3.17. The van der Waals surface area contributed by atoms with Crippen molar-refractivity contribution in [3.8, 4) is 11.5 Å². The highest BCUT2D eigenvalue weighted by molar-refractivity contribution is 5.95. The number of amides is 1. The second-order valence-corrected chi connectivity index (χ2v) is 6.44. The highest BCUT2D eigenvalue weighted by Gasteiger charge is 2.30. The molecule has 1 unspecified atom stereocenters. The number of nitrogens with one attached hydrogen (secondary N) is 1. The van der Waals surface area contributed by atoms with Gasteiger partial charge in [0.25, 0.3) is 5.91 Å². The van der Waals surface area contributed by atoms with Crippen LogP contribution in [-0.4, -0.2) is 37.7 Å². The number of rotatable bonds is 8. The molecule has 3 rings (SSSR count). The zero-order chi connectivity index (χ0) is 19.9. The molecule has 2 aromatic rings. The zero-order valence-electron chi connectivity index (χ0n) is 16.2. The number of benzene rings is 2. The molecule has 148 valence electrons. The molecule has 1 aliphatic heterocycles. The maximum absolute atomic E-state index is 12.4. The standard InChI is InChI=1S/C22H25NO5/c1-3-26-18-10-9-15(13-19(18)27-4-2)11-12-23-21(24)20-14-16-7-5-6-8-17(16)22(25)28-20/h5-10,13,20H,3-4,11-12,14H2,1-2H3,(H,23,24). The normalized spacial score (nSPS) is 15.4. The molecule has 0 aromatic heterocycles. The van der Waals surface area contributed by atoms with Crippen molar-refractivity contribution in [3.63, 3.8) is 0 Å². The molecule has 1 N–H and O–H groups in total. The van der Waals surface area contributed by atoms with Gasteiger partial charge in [-0.3, -0.25) is 4.79 Å². The lowest BCUT2D eigenvalue weighted by Gasteiger charge is -2.23. The first-order valence-corrected chi connectivity index (χ1v) is 9.57. The summed E-state index contributed by atoms with van der Waals surface area (Å²) in [7, 11) is 0. The lowest BCUT2D eigenvalue weighted by Crippen LogP contribution is -2.42. The van der Waals surface area contributed by atoms with Crippen molar-refractivity contribution in [1.29, 1.82) is 0 Å². The number of ether oxygens (including phenoxy) is 3. The minimum Gasteiger partial charge on any atom is -0.490 e. The topological polar surface area (TPSA) is 73.9 Å². The van der Waals surface area contributed by atoms with E-state index in [1.165, 1.54) is 0 Å². The van der Waals surface area contributed by atoms with Crippen LogP contribution in [0.25, 0.3) is 0 Å². The fourth-order valence-electron chi connectivity index (χ4n) is 3.17. The van der Waals surface area contributed by atoms with Gasteiger partial charge in [0, 0.05) is 13.0 Å². The fraction of sp³-hybridized carbons (Fsp3) is 0.364. The number of esters is 1. The summed E-state index contributed by atoms with van der Waals surface area (Å²) in [6, 6.07) is 13.0. The molecule has 6 nitrogen and oxygen atoms in total. The van der Waals surface area contributed by atoms with Crippen LogP contribution in [0.1, 0.15) is 35.3 Å². The van der Waals surface area contributed by atoms with Crippen LogP contribution in [-0.2, 0) is 22.4 Å². The van der Waals surface area contributed by atoms with Gasteiger partial charge in [-0.25, -0.2) is 4.79 Å². The largest absolute Gasteiger partial charge is 0.490 e. The first-order chi connectivity index (χ1) is 13.6. The molecule has 0 spiro atoms. The predicted octanol–water partition coefficient (Wildman–Crippen LogP) is 2.92. The highest BCUT2D eigenvalue weighted by Crippen LogP contribution is 2.28. The molecule has 2 aromatic carbocycles. The van der Waals surface area contributed by atoms with Gasteiger partial charge >= 0.3 is 5.97 Å². The number of carbonyl (C=O) groups excluding carboxylic acids is 2. The summed E-state index contributed by atoms with van der Waals surface area (Å²) in [6.45, 7) is 5.41. The molecule has 6 heteroatoms. The Balaban J connectivity index is 1.56. The quantitative estimate of drug-likeness (QED) is 0.710. The van der Waals surface area contributed by atoms with E-state index in [-0.39, 0.29) is 5.91 Å². The summed E-state index contributed by atoms with van der Waals surface area (Å²) in [5.74, 6) is 0.685. The van der Waals surface area contributed by atoms with E-state index >= 15 is 0 Å². The maximum Gasteiger partial charge on any atom is 0.339 e. The van der Waals surface area contributed by atoms with Crippen LogP contribution in [0.5, 0.6) is 11.5 Å². The number of carbonyl (C=O) groups is 2. The van der Waals surface area contributed by atoms with E-state index in [2.05, 4.69) is 5.32 Å². The van der Waals surface area contributed by atoms with Crippen LogP contribution in [0, 0.1) is 0 Å². The van der Waals surface area contributed by atoms with Crippen molar-refractivity contribution in [2.75, 3.05) is 19.8 Å². The second kappa shape index (κ2) is 9.26. The molecule has 1 atom stereocenters. The molecule has 28 heavy (non-hydrogen) atoms. The van der Waals surface area contributed by atoms with E-state index < -0.39 is 12.1 Å². The lowest BCUT2D eigenvalue weighted by molar-refractivity contribution is -0.130. The van der Waals surface area contributed by atoms with E-state index in [0.717, 1.165) is 11.1 Å². The van der Waals surface area contributed by atoms with Crippen molar-refractivity contribution < 1.29 is 23.8 Å². The van der Waals surface area contributed by atoms with Crippen LogP contribution < -0.4 is 14.8 Å². The molecular formula is C22H25NO5. The summed E-state index contributed by atoms with van der Waals surface area (Å²) in [4.78, 5) is 24.5. The Labute approximate surface area is 164 Å². The smallest absolute Gasteiger partial charge is 0.339 e. The Morgan fingerprint density at radius 1 is 1.11 bits per heavy atom. The van der Waals surface area contributed by atoms with Crippen LogP contribution in [0.2, 0.25) is 0 Å². The van der Waals surface area contributed by atoms with Crippen molar-refractivity contribution in [1.82, 2.24) is 5.32 Å². The Kier molecular flexibility index (Phi) is 6.53. The second-order valence-electron chi connectivity index (χ2n) is 6.44. The lowest BCUT2D eigenvalue weighted by atomic mass is 9.98. The molecule has 0 bridgehead atoms. The number of cyclic esters (lactones) is 1. The van der Waals surface area contributed by atoms with Gasteiger partial charge in [-0.05, 0) is 49.6 Å². The van der Waals surface area contributed by atoms with E-state index in [1.807, 2.05) is 44.2 Å². The van der Waals surface area contributed by atoms with E-state index in [1.54, 1.807) is 12.1 Å². The molecule has 1 amide bonds. The minimum atomic E-state index is -0.790. The summed E-state index contributed by atoms with van der Waals surface area (Å²) < 4.78 is 16.5. The molecule has 0 fully saturated rings. The van der Waals surface area contributed by atoms with Crippen molar-refractivity contribution in [2.24, 2.45) is 0 Å². The molecular weight excluding hydrogens is 358 g/mol. The molecule has 0 aliphatic carbocycles. The average Bonchev–Trinajstić information content (AvgIpc) is 2.70. The third-order valence-corrected chi connectivity index (χ3v) is 4.51. The number of hydrogen-bond acceptors (Lipinski definition) is 5. The predicted molar refractivity (Wildman–Crippen MR) is 105 cm³/mol. The minimum absolute atomic E-state index is 0.279. The van der Waals surface area contributed by atoms with E-state index in [9.17, 15) is 9.59 Å². The van der Waals surface area contributed by atoms with Crippen LogP contribution in [0.3, 0.4) is 0 Å². The first-order valence-electron chi connectivity index (χ1n) is 9.57. The Morgan fingerprint density at radius 3 is 2.64 bits per heavy atom. The van der Waals surface area contributed by atoms with Gasteiger partial charge in [0.2, 0.25) is 0 Å². The molecule has 1 heterocycles. The van der Waals surface area contributed by atoms with Gasteiger partial charge in [0.05, 0.1) is 18.8 Å². The molecule has 1 aliphatic rings. The van der Waals surface area contributed by atoms with Gasteiger partial charge in [-0.1, -0.05) is 24.3 Å². The average molecular weight is 383 g/mol. The number of hydrogen-bond donors (Lipinski definition) is 1. The first kappa shape index (κ1) is 19.7. The summed E-state index contributed by atoms with van der Waals surface area (Å²) >= 11 is 0. The molecule has 0 saturated carbocycles. The number of fused-ring (bicyclic) bond motifs is 1. The van der Waals surface area contributed by atoms with Gasteiger partial charge in [-0.15, -0.1) is 0 Å². The molecule has 0 saturated heterocycles. The SMILES string of the molecule is CCOc1ccc(CCNC(=O)C2Cc3ccccc3C(=O)O2)cc1OCC. The van der Waals surface area contributed by atoms with Crippen LogP contribution in [0.15, 0.2) is 42.5 Å². The third kappa shape index (κ3) is 4.63. The Bertz CT molecular complexity index is 849. The van der Waals surface area contributed by atoms with Crippen molar-refractivity contribution in [2.45, 2.75) is 32.8 Å². The highest BCUT2D eigenvalue weighted by atomic mass is 16.5. The monoisotopic (exact) mass is 383 g/mol. The van der Waals surface area contributed by atoms with Gasteiger partial charge < -0.3 is 19.5 Å². The van der Waals surface area contributed by atoms with Crippen LogP contribution >= 0.6 is 0 Å². The van der Waals surface area contributed by atoms with Crippen molar-refractivity contribution in [3.05, 3.63) is 59.2 Å². The van der Waals surface area contributed by atoms with E-state index in [0.29, 0.717) is 49.7 Å². The molecule has 0 radical (unpaired) electrons. The Morgan fingerprint density at radius 2 is 1.86 bits per heavy atom. The Hall–Kier alpha value is -3.02. The van der Waals surface area contributed by atoms with Gasteiger partial charge in [0.15, 0.2) is 17.6 Å². The van der Waals surface area contributed by atoms with E-state index in [4.69, 9.17) is 14.2 Å². The van der Waals surface area contributed by atoms with Crippen molar-refractivity contribution >= 4 is 11.9 Å². The summed E-state index contributed by atoms with van der Waals surface area (Å²) in [5.41, 5.74) is 2.40. The maximum atomic E-state index is 12.4. The third-order valence-electron chi connectivity index (χ3n) is 4.51. The van der Waals surface area contributed by atoms with Crippen LogP contribution in [0.4, 0.5) is 0 Å². The summed E-state index contributed by atoms with van der Waals surface area (Å²) in [5, 5.41) is 2.86. The van der Waals surface area contributed by atoms with Gasteiger partial charge in [-0.2, -0.15) is 0 Å².